The summed E-state index contributed by atoms with van der Waals surface area (Å²) in [6.45, 7) is -1.49. The fraction of sp³-hybridized carbons (Fsp3) is 0.327. The molecule has 1 saturated heterocycles. The maximum atomic E-state index is 13.7. The van der Waals surface area contributed by atoms with E-state index >= 15 is 0 Å². The predicted molar refractivity (Wildman–Crippen MR) is 271 cm³/mol. The molecule has 0 unspecified atom stereocenters. The number of amides is 6. The number of hydrogen-bond acceptors (Lipinski definition) is 12. The van der Waals surface area contributed by atoms with Gasteiger partial charge in [-0.05, 0) is 38.9 Å². The van der Waals surface area contributed by atoms with Crippen molar-refractivity contribution in [1.82, 2.24) is 35.1 Å². The number of carboxylic acids is 1. The molecule has 2 aliphatic rings. The highest BCUT2D eigenvalue weighted by molar-refractivity contribution is 5.87. The number of hydrogen-bond donors (Lipinski definition) is 3. The zero-order chi connectivity index (χ0) is 52.1. The Labute approximate surface area is 429 Å². The van der Waals surface area contributed by atoms with Gasteiger partial charge in [-0.1, -0.05) is 140 Å². The Morgan fingerprint density at radius 1 is 0.514 bits per heavy atom. The molecule has 19 heteroatoms. The summed E-state index contributed by atoms with van der Waals surface area (Å²) in [5.74, 6) is -2.77. The molecule has 1 fully saturated rings. The maximum absolute atomic E-state index is 13.7. The first-order chi connectivity index (χ1) is 36.0. The summed E-state index contributed by atoms with van der Waals surface area (Å²) in [7, 11) is 0. The molecule has 6 amide bonds. The van der Waals surface area contributed by atoms with Crippen molar-refractivity contribution in [3.8, 4) is 11.1 Å². The lowest BCUT2D eigenvalue weighted by Crippen LogP contribution is -2.51. The second-order valence-corrected chi connectivity index (χ2v) is 17.6. The van der Waals surface area contributed by atoms with E-state index in [9.17, 15) is 38.7 Å². The van der Waals surface area contributed by atoms with E-state index < -0.39 is 55.2 Å². The first kappa shape index (κ1) is 53.4. The van der Waals surface area contributed by atoms with Crippen molar-refractivity contribution >= 4 is 42.2 Å². The summed E-state index contributed by atoms with van der Waals surface area (Å²) in [5, 5.41) is 14.8. The largest absolute Gasteiger partial charge is 0.480 e. The summed E-state index contributed by atoms with van der Waals surface area (Å²) in [6, 6.07) is 43.3. The molecule has 0 aromatic heterocycles. The number of nitrogens with one attached hydrogen (secondary N) is 2. The molecule has 388 valence electrons. The summed E-state index contributed by atoms with van der Waals surface area (Å²) < 4.78 is 22.7. The average molecular weight is 1010 g/mol. The molecule has 74 heavy (non-hydrogen) atoms. The quantitative estimate of drug-likeness (QED) is 0.0943. The molecule has 0 atom stereocenters. The first-order valence-corrected chi connectivity index (χ1v) is 24.4. The maximum Gasteiger partial charge on any atom is 0.410 e. The van der Waals surface area contributed by atoms with Gasteiger partial charge in [0.25, 0.3) is 0 Å². The number of benzene rings is 5. The van der Waals surface area contributed by atoms with Crippen molar-refractivity contribution in [2.75, 3.05) is 91.7 Å². The number of alkyl carbamates (subject to hydrolysis) is 1. The number of carboxylic acid groups (broad SMARTS) is 1. The van der Waals surface area contributed by atoms with Gasteiger partial charge in [0.05, 0.1) is 13.1 Å². The monoisotopic (exact) mass is 1010 g/mol. The van der Waals surface area contributed by atoms with E-state index in [0.717, 1.165) is 43.8 Å². The fourth-order valence-electron chi connectivity index (χ4n) is 8.53. The van der Waals surface area contributed by atoms with E-state index in [1.54, 1.807) is 4.90 Å². The van der Waals surface area contributed by atoms with Crippen molar-refractivity contribution in [3.05, 3.63) is 167 Å². The Hall–Kier alpha value is -8.45. The smallest absolute Gasteiger partial charge is 0.410 e. The van der Waals surface area contributed by atoms with Gasteiger partial charge in [0.1, 0.15) is 33.0 Å². The lowest BCUT2D eigenvalue weighted by atomic mass is 9.98. The van der Waals surface area contributed by atoms with Crippen LogP contribution in [-0.2, 0) is 53.2 Å². The summed E-state index contributed by atoms with van der Waals surface area (Å²) in [6.07, 6.45) is -2.70. The molecule has 0 bridgehead atoms. The van der Waals surface area contributed by atoms with Crippen LogP contribution in [0.1, 0.15) is 33.7 Å². The molecule has 1 aliphatic heterocycles. The summed E-state index contributed by atoms with van der Waals surface area (Å²) in [5.41, 5.74) is 6.54. The Morgan fingerprint density at radius 2 is 0.919 bits per heavy atom. The standard InChI is InChI=1S/C55H61N7O12/c63-49(57-34-50(64)62(36-51(65)66)25-24-56-52(67)71-40-48-46-22-12-10-20-44(46)45-21-11-13-23-47(45)48)35-58-26-28-59(53(68)72-37-41-14-4-1-5-15-41)30-32-61(55(70)74-39-43-18-8-3-9-19-43)33-31-60(29-27-58)54(69)73-38-42-16-6-2-7-17-42/h1-23,48H,24-40H2,(H,56,67)(H,57,63)(H,65,66). The van der Waals surface area contributed by atoms with Crippen molar-refractivity contribution in [2.45, 2.75) is 25.7 Å². The highest BCUT2D eigenvalue weighted by atomic mass is 16.6. The highest BCUT2D eigenvalue weighted by Gasteiger charge is 2.30. The molecule has 5 aromatic carbocycles. The van der Waals surface area contributed by atoms with Gasteiger partial charge in [-0.25, -0.2) is 19.2 Å². The number of fused-ring (bicyclic) bond motifs is 3. The lowest BCUT2D eigenvalue weighted by Gasteiger charge is -2.33. The normalized spacial score (nSPS) is 14.0. The van der Waals surface area contributed by atoms with Gasteiger partial charge in [-0.2, -0.15) is 0 Å². The Kier molecular flexibility index (Phi) is 19.8. The second kappa shape index (κ2) is 27.4. The predicted octanol–water partition coefficient (Wildman–Crippen LogP) is 5.79. The van der Waals surface area contributed by atoms with Gasteiger partial charge in [-0.3, -0.25) is 19.3 Å². The highest BCUT2D eigenvalue weighted by Crippen LogP contribution is 2.44. The second-order valence-electron chi connectivity index (χ2n) is 17.6. The van der Waals surface area contributed by atoms with E-state index in [2.05, 4.69) is 10.6 Å². The summed E-state index contributed by atoms with van der Waals surface area (Å²) >= 11 is 0. The minimum Gasteiger partial charge on any atom is -0.480 e. The van der Waals surface area contributed by atoms with Crippen LogP contribution in [0, 0.1) is 0 Å². The van der Waals surface area contributed by atoms with Crippen LogP contribution in [0.4, 0.5) is 19.2 Å². The third-order valence-electron chi connectivity index (χ3n) is 12.5. The van der Waals surface area contributed by atoms with Crippen LogP contribution < -0.4 is 10.6 Å². The van der Waals surface area contributed by atoms with Crippen LogP contribution in [0.25, 0.3) is 11.1 Å². The molecule has 1 aliphatic carbocycles. The van der Waals surface area contributed by atoms with Gasteiger partial charge in [0, 0.05) is 71.4 Å². The van der Waals surface area contributed by atoms with Crippen molar-refractivity contribution < 1.29 is 57.6 Å². The zero-order valence-corrected chi connectivity index (χ0v) is 41.1. The van der Waals surface area contributed by atoms with Crippen LogP contribution in [0.3, 0.4) is 0 Å². The van der Waals surface area contributed by atoms with Crippen molar-refractivity contribution in [1.29, 1.82) is 0 Å². The number of nitrogens with zero attached hydrogens (tertiary/aromatic N) is 5. The topological polar surface area (TPSA) is 217 Å². The van der Waals surface area contributed by atoms with Crippen molar-refractivity contribution in [2.24, 2.45) is 0 Å². The van der Waals surface area contributed by atoms with Crippen LogP contribution in [0.5, 0.6) is 0 Å². The average Bonchev–Trinajstić information content (AvgIpc) is 3.74. The summed E-state index contributed by atoms with van der Waals surface area (Å²) in [4.78, 5) is 99.8. The molecular formula is C55H61N7O12. The molecule has 0 spiro atoms. The van der Waals surface area contributed by atoms with Crippen LogP contribution in [-0.4, -0.2) is 163 Å². The molecule has 3 N–H and O–H groups in total. The number of carbonyl (C=O) groups is 7. The van der Waals surface area contributed by atoms with Crippen LogP contribution >= 0.6 is 0 Å². The SMILES string of the molecule is O=C(O)CN(CCNC(=O)OCC1c2ccccc2-c2ccccc21)C(=O)CNC(=O)CN1CCN(C(=O)OCc2ccccc2)CCN(C(=O)OCc2ccccc2)CCN(C(=O)OCc2ccccc2)CC1. The number of carbonyl (C=O) groups excluding carboxylic acids is 6. The van der Waals surface area contributed by atoms with Gasteiger partial charge in [-0.15, -0.1) is 0 Å². The molecule has 19 nitrogen and oxygen atoms in total. The van der Waals surface area contributed by atoms with Gasteiger partial charge in [0.2, 0.25) is 11.8 Å². The molecule has 7 rings (SSSR count). The fourth-order valence-corrected chi connectivity index (χ4v) is 8.53. The van der Waals surface area contributed by atoms with Gasteiger partial charge >= 0.3 is 30.3 Å². The lowest BCUT2D eigenvalue weighted by molar-refractivity contribution is -0.144. The molecule has 0 saturated carbocycles. The first-order valence-electron chi connectivity index (χ1n) is 24.4. The number of aliphatic carboxylic acids is 1. The minimum atomic E-state index is -1.30. The van der Waals surface area contributed by atoms with E-state index in [0.29, 0.717) is 0 Å². The van der Waals surface area contributed by atoms with E-state index in [1.807, 2.05) is 140 Å². The Morgan fingerprint density at radius 3 is 1.35 bits per heavy atom. The van der Waals surface area contributed by atoms with Gasteiger partial charge < -0.3 is 54.3 Å². The third-order valence-corrected chi connectivity index (χ3v) is 12.5. The van der Waals surface area contributed by atoms with Crippen LogP contribution in [0.2, 0.25) is 0 Å². The Balaban J connectivity index is 0.972. The number of rotatable bonds is 17. The molecule has 5 aromatic rings. The van der Waals surface area contributed by atoms with Crippen molar-refractivity contribution in [3.63, 3.8) is 0 Å². The molecule has 0 radical (unpaired) electrons. The van der Waals surface area contributed by atoms with Crippen LogP contribution in [0.15, 0.2) is 140 Å². The zero-order valence-electron chi connectivity index (χ0n) is 41.1. The van der Waals surface area contributed by atoms with E-state index in [4.69, 9.17) is 18.9 Å². The molecule has 1 heterocycles. The third kappa shape index (κ3) is 16.0. The number of ether oxygens (including phenoxy) is 4. The minimum absolute atomic E-state index is 0.00289. The van der Waals surface area contributed by atoms with E-state index in [-0.39, 0.29) is 104 Å². The Bertz CT molecular complexity index is 2560. The van der Waals surface area contributed by atoms with E-state index in [1.165, 1.54) is 14.7 Å². The molecular weight excluding hydrogens is 951 g/mol. The van der Waals surface area contributed by atoms with Gasteiger partial charge in [0.15, 0.2) is 0 Å².